The van der Waals surface area contributed by atoms with E-state index < -0.39 is 0 Å². The van der Waals surface area contributed by atoms with Gasteiger partial charge >= 0.3 is 6.03 Å². The number of carbonyl (C=O) groups excluding carboxylic acids is 2. The summed E-state index contributed by atoms with van der Waals surface area (Å²) < 4.78 is 5.53. The van der Waals surface area contributed by atoms with Gasteiger partial charge in [-0.05, 0) is 60.4 Å². The lowest BCUT2D eigenvalue weighted by atomic mass is 10.1. The van der Waals surface area contributed by atoms with Crippen molar-refractivity contribution in [1.29, 1.82) is 0 Å². The van der Waals surface area contributed by atoms with Crippen LogP contribution in [0.1, 0.15) is 29.0 Å². The Balaban J connectivity index is 1.56. The van der Waals surface area contributed by atoms with E-state index in [1.54, 1.807) is 23.8 Å². The van der Waals surface area contributed by atoms with Gasteiger partial charge in [-0.3, -0.25) is 9.69 Å². The minimum absolute atomic E-state index is 0.0289. The van der Waals surface area contributed by atoms with Gasteiger partial charge in [0.2, 0.25) is 5.91 Å². The number of anilines is 3. The first-order valence-corrected chi connectivity index (χ1v) is 11.9. The first-order chi connectivity index (χ1) is 16.0. The van der Waals surface area contributed by atoms with Crippen LogP contribution in [0.4, 0.5) is 21.9 Å². The molecule has 1 unspecified atom stereocenters. The molecule has 3 amide bonds. The zero-order chi connectivity index (χ0) is 23.4. The summed E-state index contributed by atoms with van der Waals surface area (Å²) in [6, 6.07) is 20.9. The fourth-order valence-electron chi connectivity index (χ4n) is 3.92. The van der Waals surface area contributed by atoms with Crippen molar-refractivity contribution in [3.8, 4) is 5.75 Å². The van der Waals surface area contributed by atoms with E-state index in [4.69, 9.17) is 4.74 Å². The topological polar surface area (TPSA) is 70.7 Å². The molecule has 3 aromatic rings. The standard InChI is InChI=1S/C26H27N3O3S/c1-4-18-8-5-6-11-21(18)28-26(31)27-20-10-7-9-19(15-20)25-29(24(30)16-33-25)22-14-17(2)12-13-23(22)32-3/h5-15,25H,4,16H2,1-3H3,(H2,27,28,31). The number of nitrogens with one attached hydrogen (secondary N) is 2. The van der Waals surface area contributed by atoms with E-state index in [0.29, 0.717) is 17.2 Å². The molecule has 1 aliphatic heterocycles. The molecule has 1 saturated heterocycles. The minimum Gasteiger partial charge on any atom is -0.495 e. The first kappa shape index (κ1) is 22.7. The second kappa shape index (κ2) is 10.0. The Morgan fingerprint density at radius 2 is 1.91 bits per heavy atom. The maximum absolute atomic E-state index is 12.8. The molecule has 0 bridgehead atoms. The van der Waals surface area contributed by atoms with Crippen molar-refractivity contribution in [1.82, 2.24) is 0 Å². The van der Waals surface area contributed by atoms with Gasteiger partial charge < -0.3 is 15.4 Å². The number of urea groups is 1. The van der Waals surface area contributed by atoms with Crippen molar-refractivity contribution in [3.05, 3.63) is 83.4 Å². The van der Waals surface area contributed by atoms with Crippen LogP contribution in [0.15, 0.2) is 66.7 Å². The molecule has 3 aromatic carbocycles. The number of hydrogen-bond acceptors (Lipinski definition) is 4. The van der Waals surface area contributed by atoms with Crippen LogP contribution < -0.4 is 20.3 Å². The Labute approximate surface area is 198 Å². The Morgan fingerprint density at radius 3 is 2.70 bits per heavy atom. The van der Waals surface area contributed by atoms with Gasteiger partial charge in [-0.25, -0.2) is 4.79 Å². The fraction of sp³-hybridized carbons (Fsp3) is 0.231. The summed E-state index contributed by atoms with van der Waals surface area (Å²) in [6.45, 7) is 4.04. The van der Waals surface area contributed by atoms with Crippen molar-refractivity contribution in [2.45, 2.75) is 25.6 Å². The van der Waals surface area contributed by atoms with Crippen LogP contribution in [0.2, 0.25) is 0 Å². The number of methoxy groups -OCH3 is 1. The summed E-state index contributed by atoms with van der Waals surface area (Å²) in [6.07, 6.45) is 0.830. The predicted molar refractivity (Wildman–Crippen MR) is 135 cm³/mol. The highest BCUT2D eigenvalue weighted by atomic mass is 32.2. The molecule has 0 aliphatic carbocycles. The largest absolute Gasteiger partial charge is 0.495 e. The maximum Gasteiger partial charge on any atom is 0.323 e. The maximum atomic E-state index is 12.8. The smallest absolute Gasteiger partial charge is 0.323 e. The molecule has 6 nitrogen and oxygen atoms in total. The third-order valence-electron chi connectivity index (χ3n) is 5.54. The van der Waals surface area contributed by atoms with Gasteiger partial charge in [0, 0.05) is 11.4 Å². The molecule has 0 spiro atoms. The number of aryl methyl sites for hydroxylation is 2. The molecular formula is C26H27N3O3S. The summed E-state index contributed by atoms with van der Waals surface area (Å²) in [7, 11) is 1.61. The highest BCUT2D eigenvalue weighted by molar-refractivity contribution is 8.00. The van der Waals surface area contributed by atoms with Crippen LogP contribution in [-0.2, 0) is 11.2 Å². The van der Waals surface area contributed by atoms with Crippen LogP contribution in [-0.4, -0.2) is 24.8 Å². The summed E-state index contributed by atoms with van der Waals surface area (Å²) in [5, 5.41) is 5.63. The van der Waals surface area contributed by atoms with E-state index in [9.17, 15) is 9.59 Å². The van der Waals surface area contributed by atoms with Crippen LogP contribution >= 0.6 is 11.8 Å². The van der Waals surface area contributed by atoms with Crippen molar-refractivity contribution >= 4 is 40.8 Å². The number of thioether (sulfide) groups is 1. The Kier molecular flexibility index (Phi) is 6.89. The number of rotatable bonds is 6. The van der Waals surface area contributed by atoms with E-state index in [-0.39, 0.29) is 17.3 Å². The molecule has 7 heteroatoms. The Bertz CT molecular complexity index is 1180. The molecule has 0 aromatic heterocycles. The predicted octanol–water partition coefficient (Wildman–Crippen LogP) is 5.99. The number of carbonyl (C=O) groups is 2. The van der Waals surface area contributed by atoms with Crippen LogP contribution in [0.25, 0.3) is 0 Å². The zero-order valence-corrected chi connectivity index (χ0v) is 19.7. The Morgan fingerprint density at radius 1 is 1.09 bits per heavy atom. The van der Waals surface area contributed by atoms with Gasteiger partial charge in [0.1, 0.15) is 11.1 Å². The lowest BCUT2D eigenvalue weighted by molar-refractivity contribution is -0.115. The molecule has 4 rings (SSSR count). The van der Waals surface area contributed by atoms with Crippen LogP contribution in [0.3, 0.4) is 0 Å². The van der Waals surface area contributed by atoms with E-state index in [1.807, 2.05) is 73.7 Å². The molecule has 33 heavy (non-hydrogen) atoms. The van der Waals surface area contributed by atoms with Crippen LogP contribution in [0, 0.1) is 6.92 Å². The summed E-state index contributed by atoms with van der Waals surface area (Å²) in [5.41, 5.74) is 5.27. The summed E-state index contributed by atoms with van der Waals surface area (Å²) >= 11 is 1.56. The molecule has 1 fully saturated rings. The second-order valence-corrected chi connectivity index (χ2v) is 8.89. The SMILES string of the molecule is CCc1ccccc1NC(=O)Nc1cccc(C2SCC(=O)N2c2cc(C)ccc2OC)c1. The van der Waals surface area contributed by atoms with Gasteiger partial charge in [-0.2, -0.15) is 0 Å². The number of nitrogens with zero attached hydrogens (tertiary/aromatic N) is 1. The monoisotopic (exact) mass is 461 g/mol. The molecule has 1 aliphatic rings. The lowest BCUT2D eigenvalue weighted by Crippen LogP contribution is -2.28. The highest BCUT2D eigenvalue weighted by Crippen LogP contribution is 2.45. The minimum atomic E-state index is -0.305. The molecule has 0 saturated carbocycles. The normalized spacial score (nSPS) is 15.4. The van der Waals surface area contributed by atoms with E-state index >= 15 is 0 Å². The highest BCUT2D eigenvalue weighted by Gasteiger charge is 2.35. The Hall–Kier alpha value is -3.45. The van der Waals surface area contributed by atoms with Crippen LogP contribution in [0.5, 0.6) is 5.75 Å². The van der Waals surface area contributed by atoms with Crippen molar-refractivity contribution < 1.29 is 14.3 Å². The quantitative estimate of drug-likeness (QED) is 0.473. The van der Waals surface area contributed by atoms with Gasteiger partial charge in [-0.15, -0.1) is 11.8 Å². The van der Waals surface area contributed by atoms with Gasteiger partial charge in [0.05, 0.1) is 18.6 Å². The van der Waals surface area contributed by atoms with Crippen molar-refractivity contribution in [2.24, 2.45) is 0 Å². The number of hydrogen-bond donors (Lipinski definition) is 2. The van der Waals surface area contributed by atoms with Gasteiger partial charge in [0.15, 0.2) is 0 Å². The first-order valence-electron chi connectivity index (χ1n) is 10.8. The molecule has 170 valence electrons. The average Bonchev–Trinajstić information content (AvgIpc) is 3.20. The zero-order valence-electron chi connectivity index (χ0n) is 18.9. The van der Waals surface area contributed by atoms with Crippen molar-refractivity contribution in [3.63, 3.8) is 0 Å². The number of ether oxygens (including phenoxy) is 1. The molecule has 1 atom stereocenters. The summed E-state index contributed by atoms with van der Waals surface area (Å²) in [4.78, 5) is 27.3. The summed E-state index contributed by atoms with van der Waals surface area (Å²) in [5.74, 6) is 1.07. The molecule has 0 radical (unpaired) electrons. The third kappa shape index (κ3) is 4.98. The fourth-order valence-corrected chi connectivity index (χ4v) is 5.08. The van der Waals surface area contributed by atoms with Crippen molar-refractivity contribution in [2.75, 3.05) is 28.4 Å². The van der Waals surface area contributed by atoms with E-state index in [2.05, 4.69) is 17.6 Å². The molecule has 2 N–H and O–H groups in total. The molecule has 1 heterocycles. The average molecular weight is 462 g/mol. The number of benzene rings is 3. The van der Waals surface area contributed by atoms with Gasteiger partial charge in [-0.1, -0.05) is 43.3 Å². The van der Waals surface area contributed by atoms with E-state index in [0.717, 1.165) is 34.5 Å². The number of amides is 3. The number of para-hydroxylation sites is 1. The lowest BCUT2D eigenvalue weighted by Gasteiger charge is -2.26. The second-order valence-electron chi connectivity index (χ2n) is 7.82. The molecular weight excluding hydrogens is 434 g/mol. The van der Waals surface area contributed by atoms with E-state index in [1.165, 1.54) is 0 Å². The third-order valence-corrected chi connectivity index (χ3v) is 6.75. The van der Waals surface area contributed by atoms with Gasteiger partial charge in [0.25, 0.3) is 0 Å².